The third-order valence-electron chi connectivity index (χ3n) is 2.73. The van der Waals surface area contributed by atoms with Gasteiger partial charge in [0.2, 0.25) is 0 Å². The molecule has 4 atom stereocenters. The molecule has 0 radical (unpaired) electrons. The van der Waals surface area contributed by atoms with E-state index in [9.17, 15) is 9.35 Å². The van der Waals surface area contributed by atoms with Crippen molar-refractivity contribution in [2.75, 3.05) is 0 Å². The van der Waals surface area contributed by atoms with E-state index in [0.29, 0.717) is 0 Å². The minimum absolute atomic E-state index is 0. The van der Waals surface area contributed by atoms with Crippen LogP contribution in [0.4, 0.5) is 0 Å². The maximum atomic E-state index is 12.2. The number of nitrogens with zero attached hydrogens (tertiary/aromatic N) is 1. The van der Waals surface area contributed by atoms with Crippen molar-refractivity contribution in [2.45, 2.75) is 37.6 Å². The molecule has 2 rings (SSSR count). The van der Waals surface area contributed by atoms with Crippen LogP contribution in [0.15, 0.2) is 30.3 Å². The molecule has 100 valence electrons. The van der Waals surface area contributed by atoms with Crippen molar-refractivity contribution in [3.8, 4) is 0 Å². The Labute approximate surface area is 129 Å². The smallest absolute Gasteiger partial charge is 0.870 e. The van der Waals surface area contributed by atoms with Crippen LogP contribution in [0.25, 0.3) is 0 Å². The molecule has 2 unspecified atom stereocenters. The number of carbonyl (C=O) groups excluding carboxylic acids is 1. The van der Waals surface area contributed by atoms with Gasteiger partial charge in [-0.25, -0.2) is 6.29 Å². The Hall–Kier alpha value is -0.283. The van der Waals surface area contributed by atoms with Crippen molar-refractivity contribution in [1.29, 1.82) is 0 Å². The maximum Gasteiger partial charge on any atom is 1.00 e. The van der Waals surface area contributed by atoms with E-state index in [4.69, 9.17) is 0 Å². The summed E-state index contributed by atoms with van der Waals surface area (Å²) < 4.78 is 13.6. The molecule has 0 amide bonds. The van der Waals surface area contributed by atoms with Gasteiger partial charge < -0.3 is 14.8 Å². The number of rotatable bonds is 3. The Bertz CT molecular complexity index is 410. The average Bonchev–Trinajstić information content (AvgIpc) is 3.02. The summed E-state index contributed by atoms with van der Waals surface area (Å²) in [5.41, 5.74) is 1.03. The fraction of sp³-hybridized carbons (Fsp3) is 0.462. The minimum atomic E-state index is -1.17. The molecule has 1 aromatic rings. The van der Waals surface area contributed by atoms with Gasteiger partial charge in [0.1, 0.15) is 4.75 Å². The van der Waals surface area contributed by atoms with Crippen molar-refractivity contribution in [2.24, 2.45) is 0 Å². The van der Waals surface area contributed by atoms with Crippen LogP contribution in [-0.2, 0) is 16.2 Å². The van der Waals surface area contributed by atoms with E-state index in [-0.39, 0.29) is 41.2 Å². The SMILES string of the molecule is CC(C)(C)[S+]([O-])N1[C@H](c2ccccc2)[C@@H]1[C-]=O.[Li+].[OH-]. The van der Waals surface area contributed by atoms with Crippen LogP contribution in [0, 0.1) is 0 Å². The molecule has 4 nitrogen and oxygen atoms in total. The van der Waals surface area contributed by atoms with Crippen molar-refractivity contribution < 1.29 is 33.7 Å². The van der Waals surface area contributed by atoms with Gasteiger partial charge in [-0.3, -0.25) is 0 Å². The van der Waals surface area contributed by atoms with E-state index in [1.807, 2.05) is 57.4 Å². The molecular weight excluding hydrogens is 257 g/mol. The summed E-state index contributed by atoms with van der Waals surface area (Å²) in [7, 11) is 0. The van der Waals surface area contributed by atoms with Crippen LogP contribution in [0.3, 0.4) is 0 Å². The molecule has 6 heteroatoms. The Kier molecular flexibility index (Phi) is 6.83. The van der Waals surface area contributed by atoms with Crippen molar-refractivity contribution in [1.82, 2.24) is 4.31 Å². The number of hydrogen-bond donors (Lipinski definition) is 0. The molecule has 1 aliphatic heterocycles. The fourth-order valence-electron chi connectivity index (χ4n) is 1.83. The molecule has 0 aromatic heterocycles. The van der Waals surface area contributed by atoms with Crippen LogP contribution in [0.2, 0.25) is 0 Å². The Morgan fingerprint density at radius 3 is 2.21 bits per heavy atom. The van der Waals surface area contributed by atoms with Gasteiger partial charge in [0.05, 0.1) is 6.04 Å². The number of benzene rings is 1. The molecule has 1 fully saturated rings. The van der Waals surface area contributed by atoms with Crippen LogP contribution in [0.5, 0.6) is 0 Å². The van der Waals surface area contributed by atoms with Crippen molar-refractivity contribution in [3.63, 3.8) is 0 Å². The van der Waals surface area contributed by atoms with Gasteiger partial charge in [-0.2, -0.15) is 0 Å². The van der Waals surface area contributed by atoms with Crippen molar-refractivity contribution in [3.05, 3.63) is 35.9 Å². The van der Waals surface area contributed by atoms with E-state index in [2.05, 4.69) is 0 Å². The van der Waals surface area contributed by atoms with Gasteiger partial charge in [-0.05, 0) is 32.4 Å². The van der Waals surface area contributed by atoms with Gasteiger partial charge in [-0.15, -0.1) is 4.31 Å². The first-order valence-corrected chi connectivity index (χ1v) is 6.70. The van der Waals surface area contributed by atoms with E-state index in [1.165, 1.54) is 0 Å². The molecule has 1 N–H and O–H groups in total. The number of hydrogen-bond acceptors (Lipinski definition) is 4. The Balaban J connectivity index is 0.00000162. The molecule has 19 heavy (non-hydrogen) atoms. The summed E-state index contributed by atoms with van der Waals surface area (Å²) in [5, 5.41) is 0. The molecule has 0 saturated carbocycles. The zero-order valence-electron chi connectivity index (χ0n) is 11.7. The molecular formula is C13H17LiNO3S-. The molecule has 0 bridgehead atoms. The summed E-state index contributed by atoms with van der Waals surface area (Å²) in [6, 6.07) is 9.24. The molecule has 1 aliphatic rings. The molecule has 1 heterocycles. The average molecular weight is 274 g/mol. The van der Waals surface area contributed by atoms with Gasteiger partial charge >= 0.3 is 18.9 Å². The van der Waals surface area contributed by atoms with Crippen LogP contribution in [0.1, 0.15) is 32.4 Å². The topological polar surface area (TPSA) is 73.1 Å². The summed E-state index contributed by atoms with van der Waals surface area (Å²) in [5.74, 6) is 0. The first kappa shape index (κ1) is 18.7. The van der Waals surface area contributed by atoms with E-state index >= 15 is 0 Å². The predicted octanol–water partition coefficient (Wildman–Crippen LogP) is -1.19. The second kappa shape index (κ2) is 6.94. The quantitative estimate of drug-likeness (QED) is 0.301. The largest absolute Gasteiger partial charge is 1.00 e. The summed E-state index contributed by atoms with van der Waals surface area (Å²) in [6.07, 6.45) is 1.97. The third-order valence-corrected chi connectivity index (χ3v) is 4.62. The zero-order valence-corrected chi connectivity index (χ0v) is 12.5. The third kappa shape index (κ3) is 3.85. The second-order valence-corrected chi connectivity index (χ2v) is 7.28. The maximum absolute atomic E-state index is 12.2. The van der Waals surface area contributed by atoms with E-state index < -0.39 is 11.4 Å². The minimum Gasteiger partial charge on any atom is -0.870 e. The predicted molar refractivity (Wildman–Crippen MR) is 70.3 cm³/mol. The van der Waals surface area contributed by atoms with Gasteiger partial charge in [0, 0.05) is 11.4 Å². The fourth-order valence-corrected chi connectivity index (χ4v) is 3.22. The Morgan fingerprint density at radius 2 is 1.79 bits per heavy atom. The van der Waals surface area contributed by atoms with Crippen LogP contribution < -0.4 is 18.9 Å². The molecule has 1 aromatic carbocycles. The van der Waals surface area contributed by atoms with E-state index in [0.717, 1.165) is 5.56 Å². The van der Waals surface area contributed by atoms with Gasteiger partial charge in [0.15, 0.2) is 0 Å². The summed E-state index contributed by atoms with van der Waals surface area (Å²) in [6.45, 7) is 5.72. The normalized spacial score (nSPS) is 26.6. The van der Waals surface area contributed by atoms with Gasteiger partial charge in [-0.1, -0.05) is 30.3 Å². The van der Waals surface area contributed by atoms with Crippen LogP contribution in [-0.4, -0.2) is 31.4 Å². The molecule has 0 aliphatic carbocycles. The first-order chi connectivity index (χ1) is 7.96. The monoisotopic (exact) mass is 274 g/mol. The van der Waals surface area contributed by atoms with Crippen molar-refractivity contribution >= 4 is 17.6 Å². The first-order valence-electron chi connectivity index (χ1n) is 5.60. The summed E-state index contributed by atoms with van der Waals surface area (Å²) in [4.78, 5) is 10.9. The molecule has 0 spiro atoms. The Morgan fingerprint density at radius 1 is 1.26 bits per heavy atom. The molecule has 1 saturated heterocycles. The van der Waals surface area contributed by atoms with E-state index in [1.54, 1.807) is 4.31 Å². The second-order valence-electron chi connectivity index (χ2n) is 5.14. The zero-order chi connectivity index (χ0) is 12.6. The van der Waals surface area contributed by atoms with Gasteiger partial charge in [0.25, 0.3) is 0 Å². The van der Waals surface area contributed by atoms with Crippen LogP contribution >= 0.6 is 0 Å². The summed E-state index contributed by atoms with van der Waals surface area (Å²) >= 11 is -1.17. The standard InChI is InChI=1S/C13H16NO2S.Li.H2O/c1-13(2,3)17(16)14-11(9-15)12(14)10-7-5-4-6-8-10;;/h4-8,11-12H,1-3H3;;1H2/q-1;+1;/p-1/t11-,12+,14?,17?;;/m0../s1.